The molecule has 1 aliphatic carbocycles. The lowest BCUT2D eigenvalue weighted by molar-refractivity contribution is 0.0859. The second-order valence-corrected chi connectivity index (χ2v) is 7.85. The molecule has 2 aliphatic heterocycles. The summed E-state index contributed by atoms with van der Waals surface area (Å²) in [6, 6.07) is 1.15. The summed E-state index contributed by atoms with van der Waals surface area (Å²) in [5.41, 5.74) is 0.679. The zero-order valence-corrected chi connectivity index (χ0v) is 16.6. The van der Waals surface area contributed by atoms with Gasteiger partial charge in [0, 0.05) is 25.2 Å². The van der Waals surface area contributed by atoms with Gasteiger partial charge in [0.2, 0.25) is 0 Å². The average molecular weight is 382 g/mol. The zero-order chi connectivity index (χ0) is 15.3. The molecule has 1 spiro atoms. The Balaban J connectivity index is 0.00000144. The lowest BCUT2D eigenvalue weighted by atomic mass is 9.67. The quantitative estimate of drug-likeness (QED) is 0.684. The molecule has 0 aromatic rings. The van der Waals surface area contributed by atoms with Crippen LogP contribution in [-0.4, -0.2) is 61.4 Å². The molecule has 0 aromatic carbocycles. The summed E-state index contributed by atoms with van der Waals surface area (Å²) in [6.07, 6.45) is 12.1. The van der Waals surface area contributed by atoms with E-state index in [1.807, 2.05) is 0 Å². The Morgan fingerprint density at radius 2 is 1.71 bits per heavy atom. The van der Waals surface area contributed by atoms with Crippen LogP contribution in [0.4, 0.5) is 0 Å². The smallest absolute Gasteiger partial charge is 0.0586 e. The van der Waals surface area contributed by atoms with Crippen molar-refractivity contribution in [3.05, 3.63) is 0 Å². The van der Waals surface area contributed by atoms with E-state index in [2.05, 4.69) is 15.5 Å². The van der Waals surface area contributed by atoms with Gasteiger partial charge in [0.1, 0.15) is 0 Å². The molecule has 1 atom stereocenters. The minimum absolute atomic E-state index is 0. The number of rotatable bonds is 5. The Kier molecular flexibility index (Phi) is 10.5. The predicted octanol–water partition coefficient (Wildman–Crippen LogP) is 2.58. The van der Waals surface area contributed by atoms with Crippen molar-refractivity contribution in [3.8, 4) is 0 Å². The summed E-state index contributed by atoms with van der Waals surface area (Å²) in [5.74, 6) is 0. The van der Waals surface area contributed by atoms with E-state index in [1.54, 1.807) is 0 Å². The third-order valence-corrected chi connectivity index (χ3v) is 6.50. The molecule has 1 saturated carbocycles. The van der Waals surface area contributed by atoms with E-state index in [0.29, 0.717) is 18.1 Å². The van der Waals surface area contributed by atoms with E-state index in [9.17, 15) is 5.11 Å². The maximum atomic E-state index is 9.48. The summed E-state index contributed by atoms with van der Waals surface area (Å²) >= 11 is 0. The second kappa shape index (κ2) is 11.2. The molecule has 0 amide bonds. The van der Waals surface area contributed by atoms with Gasteiger partial charge in [-0.3, -0.25) is 4.90 Å². The fourth-order valence-electron chi connectivity index (χ4n) is 4.86. The van der Waals surface area contributed by atoms with Crippen LogP contribution in [0, 0.1) is 5.41 Å². The normalized spacial score (nSPS) is 28.1. The minimum Gasteiger partial charge on any atom is -0.395 e. The molecule has 6 heteroatoms. The maximum Gasteiger partial charge on any atom is 0.0586 e. The van der Waals surface area contributed by atoms with Gasteiger partial charge in [-0.15, -0.1) is 24.8 Å². The topological polar surface area (TPSA) is 47.5 Å². The Morgan fingerprint density at radius 3 is 2.38 bits per heavy atom. The van der Waals surface area contributed by atoms with Crippen LogP contribution in [0.15, 0.2) is 0 Å². The van der Waals surface area contributed by atoms with Gasteiger partial charge >= 0.3 is 0 Å². The number of aliphatic hydroxyl groups excluding tert-OH is 1. The molecule has 144 valence electrons. The van der Waals surface area contributed by atoms with Crippen LogP contribution in [0.2, 0.25) is 0 Å². The maximum absolute atomic E-state index is 9.48. The van der Waals surface area contributed by atoms with Crippen molar-refractivity contribution in [1.29, 1.82) is 0 Å². The molecule has 1 unspecified atom stereocenters. The van der Waals surface area contributed by atoms with Gasteiger partial charge in [0.25, 0.3) is 0 Å². The Morgan fingerprint density at radius 1 is 1.00 bits per heavy atom. The molecule has 0 bridgehead atoms. The highest BCUT2D eigenvalue weighted by Gasteiger charge is 2.35. The summed E-state index contributed by atoms with van der Waals surface area (Å²) in [5, 5.41) is 16.8. The highest BCUT2D eigenvalue weighted by molar-refractivity contribution is 5.85. The molecule has 0 aromatic heterocycles. The van der Waals surface area contributed by atoms with Crippen LogP contribution in [0.3, 0.4) is 0 Å². The fraction of sp³-hybridized carbons (Fsp3) is 1.00. The Labute approximate surface area is 160 Å². The van der Waals surface area contributed by atoms with E-state index < -0.39 is 0 Å². The van der Waals surface area contributed by atoms with Crippen molar-refractivity contribution < 1.29 is 5.11 Å². The van der Waals surface area contributed by atoms with E-state index in [0.717, 1.165) is 19.1 Å². The van der Waals surface area contributed by atoms with Crippen molar-refractivity contribution in [2.24, 2.45) is 5.41 Å². The molecule has 3 N–H and O–H groups in total. The molecule has 24 heavy (non-hydrogen) atoms. The summed E-state index contributed by atoms with van der Waals surface area (Å²) in [7, 11) is 0. The Hall–Kier alpha value is 0.420. The number of hydrogen-bond acceptors (Lipinski definition) is 4. The van der Waals surface area contributed by atoms with Gasteiger partial charge in [-0.25, -0.2) is 0 Å². The number of halogens is 2. The SMILES string of the molecule is Cl.Cl.OCC1CCCCN1CCNC1CCC2(CCNCC2)CC1. The summed E-state index contributed by atoms with van der Waals surface area (Å²) < 4.78 is 0. The van der Waals surface area contributed by atoms with E-state index in [4.69, 9.17) is 0 Å². The van der Waals surface area contributed by atoms with Crippen LogP contribution in [-0.2, 0) is 0 Å². The summed E-state index contributed by atoms with van der Waals surface area (Å²) in [4.78, 5) is 2.49. The predicted molar refractivity (Wildman–Crippen MR) is 106 cm³/mol. The third kappa shape index (κ3) is 6.00. The van der Waals surface area contributed by atoms with Crippen LogP contribution < -0.4 is 10.6 Å². The number of likely N-dealkylation sites (tertiary alicyclic amines) is 1. The number of hydrogen-bond donors (Lipinski definition) is 3. The molecule has 3 fully saturated rings. The summed E-state index contributed by atoms with van der Waals surface area (Å²) in [6.45, 7) is 6.17. The number of aliphatic hydroxyl groups is 1. The lowest BCUT2D eigenvalue weighted by Crippen LogP contribution is -2.47. The minimum atomic E-state index is 0. The first-order valence-corrected chi connectivity index (χ1v) is 9.60. The van der Waals surface area contributed by atoms with Crippen molar-refractivity contribution >= 4 is 24.8 Å². The van der Waals surface area contributed by atoms with Crippen LogP contribution >= 0.6 is 24.8 Å². The van der Waals surface area contributed by atoms with E-state index in [1.165, 1.54) is 77.4 Å². The first kappa shape index (κ1) is 22.5. The highest BCUT2D eigenvalue weighted by Crippen LogP contribution is 2.43. The molecular weight excluding hydrogens is 345 g/mol. The fourth-order valence-corrected chi connectivity index (χ4v) is 4.86. The van der Waals surface area contributed by atoms with Gasteiger partial charge in [-0.1, -0.05) is 6.42 Å². The van der Waals surface area contributed by atoms with E-state index >= 15 is 0 Å². The monoisotopic (exact) mass is 381 g/mol. The van der Waals surface area contributed by atoms with Gasteiger partial charge in [-0.2, -0.15) is 0 Å². The van der Waals surface area contributed by atoms with Gasteiger partial charge in [-0.05, 0) is 76.4 Å². The van der Waals surface area contributed by atoms with Crippen molar-refractivity contribution in [1.82, 2.24) is 15.5 Å². The zero-order valence-electron chi connectivity index (χ0n) is 15.0. The van der Waals surface area contributed by atoms with E-state index in [-0.39, 0.29) is 24.8 Å². The van der Waals surface area contributed by atoms with Gasteiger partial charge in [0.15, 0.2) is 0 Å². The second-order valence-electron chi connectivity index (χ2n) is 7.85. The first-order valence-electron chi connectivity index (χ1n) is 9.60. The average Bonchev–Trinajstić information content (AvgIpc) is 2.58. The van der Waals surface area contributed by atoms with Crippen LogP contribution in [0.1, 0.15) is 57.8 Å². The molecule has 0 radical (unpaired) electrons. The van der Waals surface area contributed by atoms with Crippen LogP contribution in [0.5, 0.6) is 0 Å². The molecule has 2 heterocycles. The standard InChI is InChI=1S/C18H35N3O.2ClH/c22-15-17-3-1-2-13-21(17)14-12-20-16-4-6-18(7-5-16)8-10-19-11-9-18;;/h16-17,19-20,22H,1-15H2;2*1H. The molecule has 3 rings (SSSR count). The molecular formula is C18H37Cl2N3O. The number of nitrogens with one attached hydrogen (secondary N) is 2. The molecule has 2 saturated heterocycles. The van der Waals surface area contributed by atoms with Gasteiger partial charge < -0.3 is 15.7 Å². The number of piperidine rings is 2. The molecule has 4 nitrogen and oxygen atoms in total. The molecule has 3 aliphatic rings. The van der Waals surface area contributed by atoms with Crippen molar-refractivity contribution in [2.45, 2.75) is 69.9 Å². The Bertz CT molecular complexity index is 330. The first-order chi connectivity index (χ1) is 10.8. The van der Waals surface area contributed by atoms with Crippen molar-refractivity contribution in [2.75, 3.05) is 39.3 Å². The number of nitrogens with zero attached hydrogens (tertiary/aromatic N) is 1. The largest absolute Gasteiger partial charge is 0.395 e. The van der Waals surface area contributed by atoms with Gasteiger partial charge in [0.05, 0.1) is 6.61 Å². The lowest BCUT2D eigenvalue weighted by Gasteiger charge is -2.43. The third-order valence-electron chi connectivity index (χ3n) is 6.50. The van der Waals surface area contributed by atoms with Crippen molar-refractivity contribution in [3.63, 3.8) is 0 Å². The highest BCUT2D eigenvalue weighted by atomic mass is 35.5. The van der Waals surface area contributed by atoms with Crippen LogP contribution in [0.25, 0.3) is 0 Å².